The maximum absolute atomic E-state index is 13.1. The monoisotopic (exact) mass is 305 g/mol. The smallest absolute Gasteiger partial charge is 0.282 e. The summed E-state index contributed by atoms with van der Waals surface area (Å²) in [6, 6.07) is 3.00. The van der Waals surface area contributed by atoms with Crippen LogP contribution in [0.5, 0.6) is 17.2 Å². The quantitative estimate of drug-likeness (QED) is 0.769. The highest BCUT2D eigenvalue weighted by Gasteiger charge is 2.28. The fourth-order valence-electron chi connectivity index (χ4n) is 1.83. The molecule has 0 amide bonds. The van der Waals surface area contributed by atoms with Crippen LogP contribution in [-0.2, 0) is 0 Å². The Bertz CT molecular complexity index is 443. The predicted octanol–water partition coefficient (Wildman–Crippen LogP) is 1.99. The van der Waals surface area contributed by atoms with Gasteiger partial charge in [-0.05, 0) is 24.6 Å². The summed E-state index contributed by atoms with van der Waals surface area (Å²) in [5, 5.41) is 11.2. The van der Waals surface area contributed by atoms with Crippen LogP contribution in [0.25, 0.3) is 0 Å². The lowest BCUT2D eigenvalue weighted by Gasteiger charge is -2.21. The Morgan fingerprint density at radius 3 is 2.05 bits per heavy atom. The summed E-state index contributed by atoms with van der Waals surface area (Å²) in [7, 11) is 4.46. The molecule has 2 N–H and O–H groups in total. The van der Waals surface area contributed by atoms with Crippen molar-refractivity contribution in [2.75, 3.05) is 34.5 Å². The maximum atomic E-state index is 13.1. The van der Waals surface area contributed by atoms with Crippen molar-refractivity contribution in [1.29, 1.82) is 0 Å². The number of rotatable bonds is 8. The molecule has 0 aliphatic heterocycles. The molecule has 21 heavy (non-hydrogen) atoms. The van der Waals surface area contributed by atoms with Gasteiger partial charge < -0.3 is 24.6 Å². The molecule has 1 aromatic carbocycles. The average molecular weight is 305 g/mol. The van der Waals surface area contributed by atoms with Crippen LogP contribution in [0.2, 0.25) is 0 Å². The number of alkyl halides is 2. The third-order valence-electron chi connectivity index (χ3n) is 3.09. The summed E-state index contributed by atoms with van der Waals surface area (Å²) in [4.78, 5) is 0. The van der Waals surface area contributed by atoms with Gasteiger partial charge in [-0.2, -0.15) is 0 Å². The second-order valence-corrected chi connectivity index (χ2v) is 4.58. The molecular formula is C14H21F2NO4. The van der Waals surface area contributed by atoms with Gasteiger partial charge in [0.1, 0.15) is 6.61 Å². The van der Waals surface area contributed by atoms with E-state index in [-0.39, 0.29) is 6.04 Å². The highest BCUT2D eigenvalue weighted by molar-refractivity contribution is 5.54. The summed E-state index contributed by atoms with van der Waals surface area (Å²) in [5.74, 6) is -1.81. The summed E-state index contributed by atoms with van der Waals surface area (Å²) in [5.41, 5.74) is 0.707. The van der Waals surface area contributed by atoms with E-state index >= 15 is 0 Å². The molecule has 0 bridgehead atoms. The van der Waals surface area contributed by atoms with Crippen LogP contribution >= 0.6 is 0 Å². The molecule has 0 saturated carbocycles. The summed E-state index contributed by atoms with van der Waals surface area (Å²) in [6.07, 6.45) is 0. The number of aliphatic hydroxyl groups excluding tert-OH is 1. The number of ether oxygens (including phenoxy) is 3. The number of halogens is 2. The molecule has 7 heteroatoms. The first-order chi connectivity index (χ1) is 9.88. The van der Waals surface area contributed by atoms with Gasteiger partial charge in [-0.15, -0.1) is 0 Å². The molecule has 0 fully saturated rings. The average Bonchev–Trinajstić information content (AvgIpc) is 2.50. The van der Waals surface area contributed by atoms with Crippen molar-refractivity contribution >= 4 is 0 Å². The van der Waals surface area contributed by atoms with E-state index in [4.69, 9.17) is 19.3 Å². The normalized spacial score (nSPS) is 12.9. The number of hydrogen-bond donors (Lipinski definition) is 2. The Hall–Kier alpha value is -1.60. The molecule has 1 atom stereocenters. The number of aliphatic hydroxyl groups is 1. The van der Waals surface area contributed by atoms with Crippen LogP contribution in [0.1, 0.15) is 18.5 Å². The third-order valence-corrected chi connectivity index (χ3v) is 3.09. The number of hydrogen-bond acceptors (Lipinski definition) is 5. The predicted molar refractivity (Wildman–Crippen MR) is 74.5 cm³/mol. The molecule has 1 rings (SSSR count). The molecule has 0 aliphatic carbocycles. The lowest BCUT2D eigenvalue weighted by Crippen LogP contribution is -2.37. The SMILES string of the molecule is COc1cc(C(C)NCC(F)(F)CO)cc(OC)c1OC. The van der Waals surface area contributed by atoms with E-state index in [2.05, 4.69) is 5.32 Å². The minimum Gasteiger partial charge on any atom is -0.493 e. The van der Waals surface area contributed by atoms with Gasteiger partial charge in [-0.1, -0.05) is 0 Å². The van der Waals surface area contributed by atoms with E-state index in [1.54, 1.807) is 19.1 Å². The number of benzene rings is 1. The Morgan fingerprint density at radius 2 is 1.67 bits per heavy atom. The molecule has 0 saturated heterocycles. The zero-order chi connectivity index (χ0) is 16.0. The minimum absolute atomic E-state index is 0.379. The van der Waals surface area contributed by atoms with Crippen LogP contribution in [0, 0.1) is 0 Å². The Kier molecular flexibility index (Phi) is 6.17. The Morgan fingerprint density at radius 1 is 1.14 bits per heavy atom. The molecule has 0 radical (unpaired) electrons. The molecule has 0 aromatic heterocycles. The molecule has 5 nitrogen and oxygen atoms in total. The molecule has 1 aromatic rings. The van der Waals surface area contributed by atoms with Gasteiger partial charge in [0.2, 0.25) is 5.75 Å². The zero-order valence-electron chi connectivity index (χ0n) is 12.6. The number of methoxy groups -OCH3 is 3. The van der Waals surface area contributed by atoms with Crippen molar-refractivity contribution < 1.29 is 28.1 Å². The Labute approximate surface area is 122 Å². The first-order valence-corrected chi connectivity index (χ1v) is 6.40. The van der Waals surface area contributed by atoms with Crippen molar-refractivity contribution in [3.63, 3.8) is 0 Å². The van der Waals surface area contributed by atoms with Crippen LogP contribution in [0.4, 0.5) is 8.78 Å². The second kappa shape index (κ2) is 7.42. The van der Waals surface area contributed by atoms with E-state index < -0.39 is 19.1 Å². The molecule has 120 valence electrons. The molecule has 1 unspecified atom stereocenters. The van der Waals surface area contributed by atoms with Gasteiger partial charge in [0.05, 0.1) is 27.9 Å². The van der Waals surface area contributed by atoms with Gasteiger partial charge >= 0.3 is 0 Å². The van der Waals surface area contributed by atoms with E-state index in [0.29, 0.717) is 22.8 Å². The fraction of sp³-hybridized carbons (Fsp3) is 0.571. The Balaban J connectivity index is 2.97. The van der Waals surface area contributed by atoms with E-state index in [0.717, 1.165) is 0 Å². The van der Waals surface area contributed by atoms with Gasteiger partial charge in [0.25, 0.3) is 5.92 Å². The van der Waals surface area contributed by atoms with E-state index in [9.17, 15) is 8.78 Å². The molecule has 0 aliphatic rings. The first-order valence-electron chi connectivity index (χ1n) is 6.40. The van der Waals surface area contributed by atoms with Crippen molar-refractivity contribution in [2.45, 2.75) is 18.9 Å². The van der Waals surface area contributed by atoms with E-state index in [1.165, 1.54) is 21.3 Å². The van der Waals surface area contributed by atoms with Crippen LogP contribution in [0.3, 0.4) is 0 Å². The zero-order valence-corrected chi connectivity index (χ0v) is 12.6. The lowest BCUT2D eigenvalue weighted by molar-refractivity contribution is -0.0490. The molecular weight excluding hydrogens is 284 g/mol. The highest BCUT2D eigenvalue weighted by atomic mass is 19.3. The standard InChI is InChI=1S/C14H21F2NO4/c1-9(17-7-14(15,16)8-18)10-5-11(19-2)13(21-4)12(6-10)20-3/h5-6,9,17-18H,7-8H2,1-4H3. The van der Waals surface area contributed by atoms with Crippen molar-refractivity contribution in [3.8, 4) is 17.2 Å². The lowest BCUT2D eigenvalue weighted by atomic mass is 10.1. The molecule has 0 spiro atoms. The van der Waals surface area contributed by atoms with Crippen LogP contribution < -0.4 is 19.5 Å². The summed E-state index contributed by atoms with van der Waals surface area (Å²) in [6.45, 7) is -0.0859. The van der Waals surface area contributed by atoms with Crippen molar-refractivity contribution in [3.05, 3.63) is 17.7 Å². The largest absolute Gasteiger partial charge is 0.493 e. The van der Waals surface area contributed by atoms with Gasteiger partial charge in [-0.25, -0.2) is 8.78 Å². The second-order valence-electron chi connectivity index (χ2n) is 4.58. The maximum Gasteiger partial charge on any atom is 0.282 e. The summed E-state index contributed by atoms with van der Waals surface area (Å²) >= 11 is 0. The number of nitrogens with one attached hydrogen (secondary N) is 1. The van der Waals surface area contributed by atoms with E-state index in [1.807, 2.05) is 0 Å². The minimum atomic E-state index is -3.16. The fourth-order valence-corrected chi connectivity index (χ4v) is 1.83. The third kappa shape index (κ3) is 4.44. The van der Waals surface area contributed by atoms with Crippen molar-refractivity contribution in [2.24, 2.45) is 0 Å². The van der Waals surface area contributed by atoms with Crippen LogP contribution in [-0.4, -0.2) is 45.5 Å². The first kappa shape index (κ1) is 17.5. The highest BCUT2D eigenvalue weighted by Crippen LogP contribution is 2.39. The molecule has 0 heterocycles. The van der Waals surface area contributed by atoms with Gasteiger partial charge in [0.15, 0.2) is 11.5 Å². The van der Waals surface area contributed by atoms with Crippen molar-refractivity contribution in [1.82, 2.24) is 5.32 Å². The topological polar surface area (TPSA) is 60.0 Å². The van der Waals surface area contributed by atoms with Gasteiger partial charge in [0, 0.05) is 6.04 Å². The van der Waals surface area contributed by atoms with Crippen LogP contribution in [0.15, 0.2) is 12.1 Å². The van der Waals surface area contributed by atoms with Gasteiger partial charge in [-0.3, -0.25) is 0 Å². The summed E-state index contributed by atoms with van der Waals surface area (Å²) < 4.78 is 41.7.